The first-order valence-electron chi connectivity index (χ1n) is 10.0. The fourth-order valence-corrected chi connectivity index (χ4v) is 4.15. The molecule has 1 atom stereocenters. The average molecular weight is 441 g/mol. The summed E-state index contributed by atoms with van der Waals surface area (Å²) in [6.07, 6.45) is 1.36. The Morgan fingerprint density at radius 2 is 2.06 bits per heavy atom. The van der Waals surface area contributed by atoms with Gasteiger partial charge in [-0.2, -0.15) is 0 Å². The number of carbonyl (C=O) groups excluding carboxylic acids is 1. The van der Waals surface area contributed by atoms with Crippen LogP contribution in [-0.4, -0.2) is 27.1 Å². The minimum Gasteiger partial charge on any atom is -0.463 e. The van der Waals surface area contributed by atoms with Crippen LogP contribution in [-0.2, 0) is 9.53 Å². The molecule has 0 bridgehead atoms. The quantitative estimate of drug-likeness (QED) is 0.320. The molecule has 1 N–H and O–H groups in total. The SMILES string of the molecule is CCCC1=C(C(=O)OCC)C(c2cc([N+](=O)[O-])ccc2Cl)n2c(nc3ccccc32)N1. The lowest BCUT2D eigenvalue weighted by molar-refractivity contribution is -0.384. The number of imidazole rings is 1. The van der Waals surface area contributed by atoms with E-state index in [0.29, 0.717) is 34.2 Å². The molecule has 3 aromatic rings. The summed E-state index contributed by atoms with van der Waals surface area (Å²) >= 11 is 6.54. The van der Waals surface area contributed by atoms with Crippen molar-refractivity contribution in [3.63, 3.8) is 0 Å². The van der Waals surface area contributed by atoms with Crippen LogP contribution in [0, 0.1) is 10.1 Å². The van der Waals surface area contributed by atoms with Crippen molar-refractivity contribution in [1.82, 2.24) is 9.55 Å². The largest absolute Gasteiger partial charge is 0.463 e. The van der Waals surface area contributed by atoms with Gasteiger partial charge in [0.25, 0.3) is 5.69 Å². The van der Waals surface area contributed by atoms with E-state index in [-0.39, 0.29) is 12.3 Å². The highest BCUT2D eigenvalue weighted by molar-refractivity contribution is 6.31. The average Bonchev–Trinajstić information content (AvgIpc) is 3.11. The van der Waals surface area contributed by atoms with Crippen LogP contribution in [0.4, 0.5) is 11.6 Å². The number of nitrogens with zero attached hydrogens (tertiary/aromatic N) is 3. The van der Waals surface area contributed by atoms with Gasteiger partial charge in [-0.25, -0.2) is 9.78 Å². The third kappa shape index (κ3) is 3.63. The molecule has 4 rings (SSSR count). The molecule has 0 fully saturated rings. The van der Waals surface area contributed by atoms with Gasteiger partial charge in [-0.1, -0.05) is 37.1 Å². The van der Waals surface area contributed by atoms with Crippen LogP contribution in [0.15, 0.2) is 53.7 Å². The molecule has 0 spiro atoms. The summed E-state index contributed by atoms with van der Waals surface area (Å²) in [4.78, 5) is 28.8. The van der Waals surface area contributed by atoms with Gasteiger partial charge in [0.2, 0.25) is 5.95 Å². The number of allylic oxidation sites excluding steroid dienone is 1. The Kier molecular flexibility index (Phi) is 5.65. The molecule has 9 heteroatoms. The molecule has 1 aromatic heterocycles. The molecule has 0 aliphatic carbocycles. The van der Waals surface area contributed by atoms with Crippen LogP contribution >= 0.6 is 11.6 Å². The lowest BCUT2D eigenvalue weighted by atomic mass is 9.93. The van der Waals surface area contributed by atoms with E-state index in [1.165, 1.54) is 18.2 Å². The highest BCUT2D eigenvalue weighted by Crippen LogP contribution is 2.43. The van der Waals surface area contributed by atoms with Crippen LogP contribution in [0.5, 0.6) is 0 Å². The molecule has 0 saturated heterocycles. The Labute approximate surface area is 183 Å². The molecular weight excluding hydrogens is 420 g/mol. The maximum Gasteiger partial charge on any atom is 0.338 e. The number of non-ortho nitro benzene ring substituents is 1. The van der Waals surface area contributed by atoms with E-state index < -0.39 is 16.9 Å². The third-order valence-electron chi connectivity index (χ3n) is 5.20. The summed E-state index contributed by atoms with van der Waals surface area (Å²) < 4.78 is 7.24. The first-order valence-corrected chi connectivity index (χ1v) is 10.4. The molecule has 1 unspecified atom stereocenters. The third-order valence-corrected chi connectivity index (χ3v) is 5.54. The second kappa shape index (κ2) is 8.39. The fraction of sp³-hybridized carbons (Fsp3) is 0.273. The number of rotatable bonds is 6. The molecule has 0 amide bonds. The van der Waals surface area contributed by atoms with Crippen molar-refractivity contribution in [2.75, 3.05) is 11.9 Å². The minimum atomic E-state index is -0.725. The molecule has 1 aliphatic rings. The fourth-order valence-electron chi connectivity index (χ4n) is 3.93. The second-order valence-corrected chi connectivity index (χ2v) is 7.55. The summed E-state index contributed by atoms with van der Waals surface area (Å²) in [6, 6.07) is 11.0. The van der Waals surface area contributed by atoms with Crippen molar-refractivity contribution in [3.05, 3.63) is 74.4 Å². The Morgan fingerprint density at radius 3 is 2.77 bits per heavy atom. The zero-order valence-corrected chi connectivity index (χ0v) is 17.8. The van der Waals surface area contributed by atoms with Gasteiger partial charge in [-0.15, -0.1) is 0 Å². The van der Waals surface area contributed by atoms with Gasteiger partial charge in [0, 0.05) is 28.4 Å². The number of hydrogen-bond donors (Lipinski definition) is 1. The normalized spacial score (nSPS) is 15.5. The maximum atomic E-state index is 13.1. The number of esters is 1. The van der Waals surface area contributed by atoms with E-state index in [2.05, 4.69) is 10.3 Å². The van der Waals surface area contributed by atoms with Crippen molar-refractivity contribution in [1.29, 1.82) is 0 Å². The topological polar surface area (TPSA) is 99.3 Å². The lowest BCUT2D eigenvalue weighted by Gasteiger charge is -2.31. The van der Waals surface area contributed by atoms with Crippen molar-refractivity contribution < 1.29 is 14.5 Å². The molecule has 8 nitrogen and oxygen atoms in total. The van der Waals surface area contributed by atoms with E-state index in [4.69, 9.17) is 16.3 Å². The number of anilines is 1. The monoisotopic (exact) mass is 440 g/mol. The summed E-state index contributed by atoms with van der Waals surface area (Å²) in [5.41, 5.74) is 2.90. The first kappa shape index (κ1) is 20.9. The van der Waals surface area contributed by atoms with Gasteiger partial charge in [-0.3, -0.25) is 14.7 Å². The van der Waals surface area contributed by atoms with Crippen molar-refractivity contribution in [2.45, 2.75) is 32.7 Å². The van der Waals surface area contributed by atoms with E-state index in [9.17, 15) is 14.9 Å². The Morgan fingerprint density at radius 1 is 1.29 bits per heavy atom. The van der Waals surface area contributed by atoms with Crippen LogP contribution in [0.2, 0.25) is 5.02 Å². The van der Waals surface area contributed by atoms with E-state index >= 15 is 0 Å². The molecule has 2 aromatic carbocycles. The highest BCUT2D eigenvalue weighted by atomic mass is 35.5. The number of nitro groups is 1. The number of nitrogens with one attached hydrogen (secondary N) is 1. The predicted molar refractivity (Wildman–Crippen MR) is 118 cm³/mol. The highest BCUT2D eigenvalue weighted by Gasteiger charge is 2.37. The molecule has 2 heterocycles. The number of fused-ring (bicyclic) bond motifs is 3. The molecular formula is C22H21ClN4O4. The van der Waals surface area contributed by atoms with Gasteiger partial charge in [0.1, 0.15) is 0 Å². The van der Waals surface area contributed by atoms with Gasteiger partial charge in [0.15, 0.2) is 0 Å². The second-order valence-electron chi connectivity index (χ2n) is 7.15. The predicted octanol–water partition coefficient (Wildman–Crippen LogP) is 5.23. The van der Waals surface area contributed by atoms with Crippen molar-refractivity contribution in [2.24, 2.45) is 0 Å². The van der Waals surface area contributed by atoms with Crippen LogP contribution in [0.3, 0.4) is 0 Å². The van der Waals surface area contributed by atoms with Gasteiger partial charge >= 0.3 is 5.97 Å². The number of carbonyl (C=O) groups is 1. The summed E-state index contributed by atoms with van der Waals surface area (Å²) in [5.74, 6) is 0.0553. The van der Waals surface area contributed by atoms with E-state index in [0.717, 1.165) is 17.5 Å². The Bertz CT molecular complexity index is 1220. The maximum absolute atomic E-state index is 13.1. The van der Waals surface area contributed by atoms with Crippen molar-refractivity contribution in [3.8, 4) is 0 Å². The molecule has 0 saturated carbocycles. The zero-order valence-electron chi connectivity index (χ0n) is 17.1. The molecule has 31 heavy (non-hydrogen) atoms. The zero-order chi connectivity index (χ0) is 22.1. The standard InChI is InChI=1S/C22H21ClN4O4/c1-3-7-17-19(21(28)31-4-2)20(14-12-13(27(29)30)10-11-15(14)23)26-18-9-6-5-8-16(18)24-22(26)25-17/h5-6,8-12,20H,3-4,7H2,1-2H3,(H,24,25). The number of halogens is 1. The molecule has 0 radical (unpaired) electrons. The number of ether oxygens (including phenoxy) is 1. The summed E-state index contributed by atoms with van der Waals surface area (Å²) in [7, 11) is 0. The first-order chi connectivity index (χ1) is 15.0. The number of benzene rings is 2. The minimum absolute atomic E-state index is 0.107. The molecule has 160 valence electrons. The Hall–Kier alpha value is -3.39. The Balaban J connectivity index is 2.05. The van der Waals surface area contributed by atoms with E-state index in [1.54, 1.807) is 6.92 Å². The van der Waals surface area contributed by atoms with Crippen LogP contribution in [0.1, 0.15) is 38.3 Å². The van der Waals surface area contributed by atoms with E-state index in [1.807, 2.05) is 35.8 Å². The number of hydrogen-bond acceptors (Lipinski definition) is 6. The van der Waals surface area contributed by atoms with Crippen LogP contribution in [0.25, 0.3) is 11.0 Å². The number of nitro benzene ring substituents is 1. The summed E-state index contributed by atoms with van der Waals surface area (Å²) in [6.45, 7) is 3.95. The van der Waals surface area contributed by atoms with Crippen LogP contribution < -0.4 is 5.32 Å². The lowest BCUT2D eigenvalue weighted by Crippen LogP contribution is -2.30. The molecule has 1 aliphatic heterocycles. The number of para-hydroxylation sites is 2. The smallest absolute Gasteiger partial charge is 0.338 e. The van der Waals surface area contributed by atoms with Gasteiger partial charge in [-0.05, 0) is 31.5 Å². The summed E-state index contributed by atoms with van der Waals surface area (Å²) in [5, 5.41) is 15.1. The van der Waals surface area contributed by atoms with Gasteiger partial charge in [0.05, 0.1) is 34.2 Å². The van der Waals surface area contributed by atoms with Crippen molar-refractivity contribution >= 4 is 40.2 Å². The van der Waals surface area contributed by atoms with Gasteiger partial charge < -0.3 is 10.1 Å². The number of aromatic nitrogens is 2.